The Balaban J connectivity index is 1.56. The van der Waals surface area contributed by atoms with Crippen LogP contribution in [0.15, 0.2) is 42.5 Å². The monoisotopic (exact) mass is 397 g/mol. The summed E-state index contributed by atoms with van der Waals surface area (Å²) < 4.78 is 10.9. The number of nitrogens with zero attached hydrogens (tertiary/aromatic N) is 1. The predicted octanol–water partition coefficient (Wildman–Crippen LogP) is 2.69. The van der Waals surface area contributed by atoms with E-state index in [-0.39, 0.29) is 11.8 Å². The van der Waals surface area contributed by atoms with E-state index >= 15 is 0 Å². The van der Waals surface area contributed by atoms with E-state index in [1.807, 2.05) is 18.2 Å². The molecule has 1 saturated heterocycles. The van der Waals surface area contributed by atoms with Crippen LogP contribution in [0.3, 0.4) is 0 Å². The fourth-order valence-corrected chi connectivity index (χ4v) is 3.96. The number of likely N-dealkylation sites (tertiary alicyclic amines) is 1. The molecule has 0 bridgehead atoms. The maximum Gasteiger partial charge on any atom is 0.221 e. The van der Waals surface area contributed by atoms with Gasteiger partial charge in [-0.05, 0) is 36.6 Å². The summed E-state index contributed by atoms with van der Waals surface area (Å²) in [7, 11) is 3.31. The lowest BCUT2D eigenvalue weighted by Gasteiger charge is -2.31. The highest BCUT2D eigenvalue weighted by Crippen LogP contribution is 2.30. The number of nitrogens with one attached hydrogen (secondary N) is 1. The molecule has 0 spiro atoms. The summed E-state index contributed by atoms with van der Waals surface area (Å²) >= 11 is 0. The molecule has 0 saturated carbocycles. The Bertz CT molecular complexity index is 825. The third-order valence-corrected chi connectivity index (χ3v) is 5.43. The number of hydrogen-bond donors (Lipinski definition) is 2. The first-order chi connectivity index (χ1) is 14.1. The molecule has 156 valence electrons. The lowest BCUT2D eigenvalue weighted by Crippen LogP contribution is -2.40. The van der Waals surface area contributed by atoms with Crippen LogP contribution < -0.4 is 20.5 Å². The van der Waals surface area contributed by atoms with Gasteiger partial charge in [0.2, 0.25) is 5.91 Å². The minimum absolute atomic E-state index is 0.0218. The van der Waals surface area contributed by atoms with E-state index in [4.69, 9.17) is 15.2 Å². The minimum Gasteiger partial charge on any atom is -0.493 e. The molecule has 1 aliphatic rings. The van der Waals surface area contributed by atoms with Crippen LogP contribution in [0.5, 0.6) is 11.5 Å². The third kappa shape index (κ3) is 5.71. The van der Waals surface area contributed by atoms with Gasteiger partial charge in [-0.3, -0.25) is 9.69 Å². The normalized spacial score (nSPS) is 17.1. The van der Waals surface area contributed by atoms with Crippen molar-refractivity contribution in [3.05, 3.63) is 59.2 Å². The standard InChI is InChI=1S/C23H31N3O3/c1-28-21-10-4-8-19(22(21)29-2)14-25-13-17-6-3-7-18(12-17)15-26-11-5-9-20(16-26)23(24)27/h3-4,6-8,10,12,20,25H,5,9,11,13-16H2,1-2H3,(H2,24,27). The number of methoxy groups -OCH3 is 2. The van der Waals surface area contributed by atoms with Crippen molar-refractivity contribution in [2.24, 2.45) is 11.7 Å². The zero-order valence-corrected chi connectivity index (χ0v) is 17.3. The van der Waals surface area contributed by atoms with Crippen LogP contribution in [0, 0.1) is 5.92 Å². The lowest BCUT2D eigenvalue weighted by molar-refractivity contribution is -0.123. The number of amides is 1. The zero-order chi connectivity index (χ0) is 20.6. The van der Waals surface area contributed by atoms with Crippen molar-refractivity contribution in [3.63, 3.8) is 0 Å². The van der Waals surface area contributed by atoms with Gasteiger partial charge in [-0.2, -0.15) is 0 Å². The van der Waals surface area contributed by atoms with Gasteiger partial charge in [-0.1, -0.05) is 36.4 Å². The van der Waals surface area contributed by atoms with Crippen molar-refractivity contribution < 1.29 is 14.3 Å². The molecule has 3 N–H and O–H groups in total. The average Bonchev–Trinajstić information content (AvgIpc) is 2.74. The highest BCUT2D eigenvalue weighted by Gasteiger charge is 2.23. The molecular weight excluding hydrogens is 366 g/mol. The summed E-state index contributed by atoms with van der Waals surface area (Å²) in [4.78, 5) is 13.8. The van der Waals surface area contributed by atoms with Crippen molar-refractivity contribution >= 4 is 5.91 Å². The van der Waals surface area contributed by atoms with Crippen LogP contribution in [-0.2, 0) is 24.4 Å². The Kier molecular flexibility index (Phi) is 7.49. The molecule has 1 fully saturated rings. The molecule has 29 heavy (non-hydrogen) atoms. The molecule has 6 heteroatoms. The van der Waals surface area contributed by atoms with Crippen LogP contribution in [0.4, 0.5) is 0 Å². The Labute approximate surface area is 173 Å². The molecule has 1 amide bonds. The van der Waals surface area contributed by atoms with Gasteiger partial charge >= 0.3 is 0 Å². The van der Waals surface area contributed by atoms with Crippen molar-refractivity contribution in [1.82, 2.24) is 10.2 Å². The van der Waals surface area contributed by atoms with Crippen molar-refractivity contribution in [1.29, 1.82) is 0 Å². The summed E-state index contributed by atoms with van der Waals surface area (Å²) in [6.07, 6.45) is 1.93. The number of piperidine rings is 1. The van der Waals surface area contributed by atoms with E-state index < -0.39 is 0 Å². The number of carbonyl (C=O) groups excluding carboxylic acids is 1. The van der Waals surface area contributed by atoms with E-state index in [2.05, 4.69) is 34.5 Å². The SMILES string of the molecule is COc1cccc(CNCc2cccc(CN3CCCC(C(N)=O)C3)c2)c1OC. The van der Waals surface area contributed by atoms with Gasteiger partial charge in [-0.25, -0.2) is 0 Å². The van der Waals surface area contributed by atoms with Gasteiger partial charge in [0.1, 0.15) is 0 Å². The lowest BCUT2D eigenvalue weighted by atomic mass is 9.97. The summed E-state index contributed by atoms with van der Waals surface area (Å²) in [5.74, 6) is 1.31. The molecule has 3 rings (SSSR count). The molecule has 2 aromatic carbocycles. The maximum atomic E-state index is 11.5. The molecule has 1 aliphatic heterocycles. The van der Waals surface area contributed by atoms with E-state index in [9.17, 15) is 4.79 Å². The Morgan fingerprint density at radius 1 is 1.14 bits per heavy atom. The van der Waals surface area contributed by atoms with Crippen molar-refractivity contribution in [2.75, 3.05) is 27.3 Å². The van der Waals surface area contributed by atoms with E-state index in [0.717, 1.165) is 56.1 Å². The van der Waals surface area contributed by atoms with Gasteiger partial charge in [0.05, 0.1) is 20.1 Å². The smallest absolute Gasteiger partial charge is 0.221 e. The van der Waals surface area contributed by atoms with E-state index in [0.29, 0.717) is 6.54 Å². The third-order valence-electron chi connectivity index (χ3n) is 5.43. The quantitative estimate of drug-likeness (QED) is 0.680. The molecule has 1 atom stereocenters. The second-order valence-corrected chi connectivity index (χ2v) is 7.55. The van der Waals surface area contributed by atoms with Crippen LogP contribution >= 0.6 is 0 Å². The largest absolute Gasteiger partial charge is 0.493 e. The topological polar surface area (TPSA) is 76.8 Å². The van der Waals surface area contributed by atoms with Gasteiger partial charge in [0.25, 0.3) is 0 Å². The number of nitrogens with two attached hydrogens (primary N) is 1. The summed E-state index contributed by atoms with van der Waals surface area (Å²) in [5.41, 5.74) is 9.05. The van der Waals surface area contributed by atoms with E-state index in [1.54, 1.807) is 14.2 Å². The predicted molar refractivity (Wildman–Crippen MR) is 114 cm³/mol. The minimum atomic E-state index is -0.180. The first kappa shape index (κ1) is 21.1. The molecule has 0 aromatic heterocycles. The van der Waals surface area contributed by atoms with Crippen LogP contribution in [0.2, 0.25) is 0 Å². The maximum absolute atomic E-state index is 11.5. The Morgan fingerprint density at radius 2 is 1.93 bits per heavy atom. The molecule has 1 unspecified atom stereocenters. The van der Waals surface area contributed by atoms with E-state index in [1.165, 1.54) is 11.1 Å². The molecule has 2 aromatic rings. The summed E-state index contributed by atoms with van der Waals surface area (Å²) in [6.45, 7) is 4.08. The molecule has 0 radical (unpaired) electrons. The van der Waals surface area contributed by atoms with Crippen molar-refractivity contribution in [3.8, 4) is 11.5 Å². The summed E-state index contributed by atoms with van der Waals surface area (Å²) in [5, 5.41) is 3.49. The van der Waals surface area contributed by atoms with Crippen LogP contribution in [0.1, 0.15) is 29.5 Å². The second kappa shape index (κ2) is 10.3. The first-order valence-corrected chi connectivity index (χ1v) is 10.1. The van der Waals surface area contributed by atoms with Crippen molar-refractivity contribution in [2.45, 2.75) is 32.5 Å². The highest BCUT2D eigenvalue weighted by atomic mass is 16.5. The first-order valence-electron chi connectivity index (χ1n) is 10.1. The van der Waals surface area contributed by atoms with Gasteiger partial charge in [-0.15, -0.1) is 0 Å². The number of primary amides is 1. The molecular formula is C23H31N3O3. The number of para-hydroxylation sites is 1. The fourth-order valence-electron chi connectivity index (χ4n) is 3.96. The summed E-state index contributed by atoms with van der Waals surface area (Å²) in [6, 6.07) is 14.5. The zero-order valence-electron chi connectivity index (χ0n) is 17.3. The van der Waals surface area contributed by atoms with Crippen LogP contribution in [0.25, 0.3) is 0 Å². The van der Waals surface area contributed by atoms with Gasteiger partial charge < -0.3 is 20.5 Å². The number of benzene rings is 2. The van der Waals surface area contributed by atoms with Gasteiger partial charge in [0, 0.05) is 31.7 Å². The average molecular weight is 398 g/mol. The Hall–Kier alpha value is -2.57. The second-order valence-electron chi connectivity index (χ2n) is 7.55. The van der Waals surface area contributed by atoms with Crippen LogP contribution in [-0.4, -0.2) is 38.1 Å². The Morgan fingerprint density at radius 3 is 2.69 bits per heavy atom. The molecule has 0 aliphatic carbocycles. The number of hydrogen-bond acceptors (Lipinski definition) is 5. The molecule has 6 nitrogen and oxygen atoms in total. The number of rotatable bonds is 9. The number of ether oxygens (including phenoxy) is 2. The number of carbonyl (C=O) groups is 1. The molecule has 1 heterocycles. The fraction of sp³-hybridized carbons (Fsp3) is 0.435. The highest BCUT2D eigenvalue weighted by molar-refractivity contribution is 5.76. The van der Waals surface area contributed by atoms with Gasteiger partial charge in [0.15, 0.2) is 11.5 Å².